The van der Waals surface area contributed by atoms with Crippen molar-refractivity contribution in [2.24, 2.45) is 5.73 Å². The molecule has 10 nitrogen and oxygen atoms in total. The SMILES string of the molecule is Cc1cc(Nc2nc(N3CCCC(NC(=O)NC4CCCCC4)C3)cnc2C(N)=O)sn1. The first-order valence-corrected chi connectivity index (χ1v) is 11.9. The van der Waals surface area contributed by atoms with Crippen LogP contribution < -0.4 is 26.6 Å². The molecule has 32 heavy (non-hydrogen) atoms. The van der Waals surface area contributed by atoms with Crippen LogP contribution in [0.5, 0.6) is 0 Å². The van der Waals surface area contributed by atoms with Gasteiger partial charge in [-0.05, 0) is 50.2 Å². The number of hydrogen-bond acceptors (Lipinski definition) is 8. The van der Waals surface area contributed by atoms with Crippen molar-refractivity contribution in [2.75, 3.05) is 23.3 Å². The maximum absolute atomic E-state index is 12.5. The van der Waals surface area contributed by atoms with Crippen LogP contribution >= 0.6 is 11.5 Å². The summed E-state index contributed by atoms with van der Waals surface area (Å²) in [5, 5.41) is 10.1. The Bertz CT molecular complexity index is 959. The molecule has 2 fully saturated rings. The predicted molar refractivity (Wildman–Crippen MR) is 124 cm³/mol. The normalized spacial score (nSPS) is 19.4. The van der Waals surface area contributed by atoms with Gasteiger partial charge in [0, 0.05) is 25.2 Å². The summed E-state index contributed by atoms with van der Waals surface area (Å²) in [5.74, 6) is 0.298. The van der Waals surface area contributed by atoms with Gasteiger partial charge in [0.2, 0.25) is 0 Å². The summed E-state index contributed by atoms with van der Waals surface area (Å²) in [6.45, 7) is 3.32. The second-order valence-electron chi connectivity index (χ2n) is 8.49. The lowest BCUT2D eigenvalue weighted by atomic mass is 9.96. The number of rotatable bonds is 6. The number of hydrogen-bond donors (Lipinski definition) is 4. The van der Waals surface area contributed by atoms with Crippen LogP contribution in [0.25, 0.3) is 0 Å². The number of aromatic nitrogens is 3. The number of carbonyl (C=O) groups is 2. The molecule has 3 amide bonds. The average Bonchev–Trinajstić information content (AvgIpc) is 3.19. The molecule has 1 atom stereocenters. The molecule has 0 aromatic carbocycles. The Morgan fingerprint density at radius 3 is 2.59 bits per heavy atom. The second kappa shape index (κ2) is 10.1. The van der Waals surface area contributed by atoms with Crippen molar-refractivity contribution < 1.29 is 9.59 Å². The summed E-state index contributed by atoms with van der Waals surface area (Å²) in [6, 6.07) is 2.07. The topological polar surface area (TPSA) is 138 Å². The molecule has 2 aliphatic rings. The van der Waals surface area contributed by atoms with E-state index >= 15 is 0 Å². The number of nitrogens with two attached hydrogens (primary N) is 1. The standard InChI is InChI=1S/C21H30N8O2S/c1-13-10-17(32-28-13)27-20-18(19(22)30)23-11-16(26-20)29-9-5-8-15(12-29)25-21(31)24-14-6-3-2-4-7-14/h10-11,14-15H,2-9,12H2,1H3,(H2,22,30)(H,26,27)(H2,24,25,31). The maximum Gasteiger partial charge on any atom is 0.315 e. The molecule has 4 rings (SSSR count). The molecule has 1 aliphatic carbocycles. The Kier molecular flexibility index (Phi) is 7.03. The zero-order chi connectivity index (χ0) is 22.5. The van der Waals surface area contributed by atoms with Crippen LogP contribution in [0.15, 0.2) is 12.3 Å². The van der Waals surface area contributed by atoms with E-state index in [0.29, 0.717) is 18.2 Å². The number of primary amides is 1. The fourth-order valence-electron chi connectivity index (χ4n) is 4.30. The van der Waals surface area contributed by atoms with E-state index in [0.717, 1.165) is 42.9 Å². The zero-order valence-electron chi connectivity index (χ0n) is 18.3. The van der Waals surface area contributed by atoms with Crippen molar-refractivity contribution in [1.29, 1.82) is 0 Å². The van der Waals surface area contributed by atoms with Crippen LogP contribution in [-0.2, 0) is 0 Å². The molecule has 2 aromatic heterocycles. The Morgan fingerprint density at radius 1 is 1.12 bits per heavy atom. The van der Waals surface area contributed by atoms with E-state index in [-0.39, 0.29) is 23.8 Å². The minimum absolute atomic E-state index is 0.0190. The summed E-state index contributed by atoms with van der Waals surface area (Å²) in [7, 11) is 0. The highest BCUT2D eigenvalue weighted by Crippen LogP contribution is 2.25. The molecule has 3 heterocycles. The van der Waals surface area contributed by atoms with Gasteiger partial charge >= 0.3 is 6.03 Å². The van der Waals surface area contributed by atoms with Gasteiger partial charge in [0.15, 0.2) is 11.5 Å². The van der Waals surface area contributed by atoms with Crippen LogP contribution in [0.3, 0.4) is 0 Å². The molecule has 1 saturated heterocycles. The highest BCUT2D eigenvalue weighted by Gasteiger charge is 2.25. The first kappa shape index (κ1) is 22.3. The number of piperidine rings is 1. The van der Waals surface area contributed by atoms with Crippen molar-refractivity contribution >= 4 is 40.1 Å². The Hall–Kier alpha value is -2.95. The van der Waals surface area contributed by atoms with Crippen LogP contribution in [-0.4, -0.2) is 51.5 Å². The molecule has 172 valence electrons. The highest BCUT2D eigenvalue weighted by molar-refractivity contribution is 7.10. The van der Waals surface area contributed by atoms with Gasteiger partial charge in [-0.2, -0.15) is 4.37 Å². The monoisotopic (exact) mass is 458 g/mol. The third kappa shape index (κ3) is 5.64. The molecular formula is C21H30N8O2S. The summed E-state index contributed by atoms with van der Waals surface area (Å²) in [6.07, 6.45) is 9.12. The number of amides is 3. The Balaban J connectivity index is 1.42. The number of nitrogens with zero attached hydrogens (tertiary/aromatic N) is 4. The van der Waals surface area contributed by atoms with Crippen LogP contribution in [0, 0.1) is 6.92 Å². The fraction of sp³-hybridized carbons (Fsp3) is 0.571. The van der Waals surface area contributed by atoms with Gasteiger partial charge in [-0.25, -0.2) is 14.8 Å². The molecule has 1 aliphatic heterocycles. The molecule has 5 N–H and O–H groups in total. The number of carbonyl (C=O) groups excluding carboxylic acids is 2. The van der Waals surface area contributed by atoms with Crippen molar-refractivity contribution in [1.82, 2.24) is 25.0 Å². The number of aryl methyl sites for hydroxylation is 1. The van der Waals surface area contributed by atoms with Gasteiger partial charge in [-0.1, -0.05) is 19.3 Å². The van der Waals surface area contributed by atoms with E-state index in [2.05, 4.69) is 35.2 Å². The lowest BCUT2D eigenvalue weighted by Crippen LogP contribution is -2.52. The summed E-state index contributed by atoms with van der Waals surface area (Å²) in [4.78, 5) is 35.3. The quantitative estimate of drug-likeness (QED) is 0.522. The van der Waals surface area contributed by atoms with Crippen LogP contribution in [0.4, 0.5) is 21.4 Å². The maximum atomic E-state index is 12.5. The molecule has 1 unspecified atom stereocenters. The van der Waals surface area contributed by atoms with Gasteiger partial charge in [0.05, 0.1) is 11.9 Å². The van der Waals surface area contributed by atoms with Gasteiger partial charge in [0.1, 0.15) is 10.8 Å². The van der Waals surface area contributed by atoms with Crippen LogP contribution in [0.1, 0.15) is 61.1 Å². The minimum atomic E-state index is -0.648. The van der Waals surface area contributed by atoms with Crippen molar-refractivity contribution in [3.8, 4) is 0 Å². The lowest BCUT2D eigenvalue weighted by molar-refractivity contribution is 0.0996. The van der Waals surface area contributed by atoms with Crippen molar-refractivity contribution in [3.05, 3.63) is 23.7 Å². The van der Waals surface area contributed by atoms with Gasteiger partial charge in [-0.3, -0.25) is 4.79 Å². The summed E-state index contributed by atoms with van der Waals surface area (Å²) in [5.41, 5.74) is 6.45. The van der Waals surface area contributed by atoms with Gasteiger partial charge in [0.25, 0.3) is 5.91 Å². The highest BCUT2D eigenvalue weighted by atomic mass is 32.1. The van der Waals surface area contributed by atoms with Crippen molar-refractivity contribution in [2.45, 2.75) is 64.0 Å². The first-order chi connectivity index (χ1) is 15.5. The third-order valence-corrected chi connectivity index (χ3v) is 6.68. The Morgan fingerprint density at radius 2 is 1.88 bits per heavy atom. The van der Waals surface area contributed by atoms with E-state index in [1.807, 2.05) is 13.0 Å². The average molecular weight is 459 g/mol. The third-order valence-electron chi connectivity index (χ3n) is 5.88. The first-order valence-electron chi connectivity index (χ1n) is 11.2. The molecule has 2 aromatic rings. The minimum Gasteiger partial charge on any atom is -0.364 e. The smallest absolute Gasteiger partial charge is 0.315 e. The zero-order valence-corrected chi connectivity index (χ0v) is 19.1. The fourth-order valence-corrected chi connectivity index (χ4v) is 4.96. The van der Waals surface area contributed by atoms with Crippen LogP contribution in [0.2, 0.25) is 0 Å². The second-order valence-corrected chi connectivity index (χ2v) is 9.29. The van der Waals surface area contributed by atoms with E-state index in [9.17, 15) is 9.59 Å². The van der Waals surface area contributed by atoms with E-state index in [4.69, 9.17) is 5.73 Å². The number of urea groups is 1. The largest absolute Gasteiger partial charge is 0.364 e. The number of anilines is 3. The van der Waals surface area contributed by atoms with E-state index < -0.39 is 5.91 Å². The molecule has 0 bridgehead atoms. The predicted octanol–water partition coefficient (Wildman–Crippen LogP) is 2.68. The summed E-state index contributed by atoms with van der Waals surface area (Å²) < 4.78 is 4.24. The molecular weight excluding hydrogens is 428 g/mol. The molecule has 1 saturated carbocycles. The summed E-state index contributed by atoms with van der Waals surface area (Å²) >= 11 is 1.28. The van der Waals surface area contributed by atoms with E-state index in [1.54, 1.807) is 6.20 Å². The van der Waals surface area contributed by atoms with Gasteiger partial charge in [-0.15, -0.1) is 0 Å². The van der Waals surface area contributed by atoms with Crippen molar-refractivity contribution in [3.63, 3.8) is 0 Å². The molecule has 0 radical (unpaired) electrons. The number of nitrogens with one attached hydrogen (secondary N) is 3. The van der Waals surface area contributed by atoms with Gasteiger partial charge < -0.3 is 26.6 Å². The van der Waals surface area contributed by atoms with E-state index in [1.165, 1.54) is 30.8 Å². The lowest BCUT2D eigenvalue weighted by Gasteiger charge is -2.34. The molecule has 11 heteroatoms. The molecule has 0 spiro atoms. The Labute approximate surface area is 191 Å².